The van der Waals surface area contributed by atoms with Gasteiger partial charge in [-0.05, 0) is 18.1 Å². The second-order valence-corrected chi connectivity index (χ2v) is 17.4. The summed E-state index contributed by atoms with van der Waals surface area (Å²) in [6, 6.07) is 9.31. The molecule has 19 heavy (non-hydrogen) atoms. The molecule has 3 heteroatoms. The molecule has 1 nitrogen and oxygen atoms in total. The third-order valence-electron chi connectivity index (χ3n) is 3.46. The molecule has 0 radical (unpaired) electrons. The molecule has 0 saturated heterocycles. The number of benzene rings is 1. The molecular formula is C16H29NSi2. The largest absolute Gasteiger partial charge is 0.340 e. The lowest BCUT2D eigenvalue weighted by atomic mass is 10.1. The molecule has 0 spiro atoms. The number of hydrogen-bond acceptors (Lipinski definition) is 1. The van der Waals surface area contributed by atoms with E-state index >= 15 is 0 Å². The zero-order valence-electron chi connectivity index (χ0n) is 13.6. The van der Waals surface area contributed by atoms with Crippen molar-refractivity contribution in [2.45, 2.75) is 52.2 Å². The monoisotopic (exact) mass is 291 g/mol. The van der Waals surface area contributed by atoms with Crippen molar-refractivity contribution >= 4 is 22.5 Å². The lowest BCUT2D eigenvalue weighted by Gasteiger charge is -2.48. The van der Waals surface area contributed by atoms with Crippen LogP contribution in [0.4, 0.5) is 0 Å². The predicted molar refractivity (Wildman–Crippen MR) is 93.5 cm³/mol. The molecule has 0 heterocycles. The standard InChI is InChI=1S/C16H29NSi2/c1-9-15-11-10-12-16(13-15)14(2)17(18(3,4)5)19(6,7)8/h9-14H,1H2,2-8H3. The van der Waals surface area contributed by atoms with Crippen molar-refractivity contribution in [1.82, 2.24) is 4.23 Å². The average Bonchev–Trinajstić information content (AvgIpc) is 2.25. The molecule has 0 aliphatic heterocycles. The van der Waals surface area contributed by atoms with E-state index in [0.29, 0.717) is 6.04 Å². The van der Waals surface area contributed by atoms with Crippen molar-refractivity contribution in [3.05, 3.63) is 42.0 Å². The lowest BCUT2D eigenvalue weighted by molar-refractivity contribution is 0.491. The van der Waals surface area contributed by atoms with Gasteiger partial charge < -0.3 is 4.23 Å². The first-order valence-electron chi connectivity index (χ1n) is 7.09. The summed E-state index contributed by atoms with van der Waals surface area (Å²) in [5.41, 5.74) is 2.64. The van der Waals surface area contributed by atoms with Gasteiger partial charge in [0.25, 0.3) is 0 Å². The summed E-state index contributed by atoms with van der Waals surface area (Å²) in [6.45, 7) is 21.0. The van der Waals surface area contributed by atoms with Crippen LogP contribution in [0.2, 0.25) is 39.3 Å². The normalized spacial score (nSPS) is 14.5. The molecule has 0 fully saturated rings. The highest BCUT2D eigenvalue weighted by molar-refractivity contribution is 6.89. The van der Waals surface area contributed by atoms with E-state index in [9.17, 15) is 0 Å². The van der Waals surface area contributed by atoms with E-state index in [1.54, 1.807) is 0 Å². The zero-order valence-corrected chi connectivity index (χ0v) is 15.6. The molecule has 1 aromatic carbocycles. The zero-order chi connectivity index (χ0) is 14.8. The highest BCUT2D eigenvalue weighted by Crippen LogP contribution is 2.32. The molecule has 0 aliphatic rings. The van der Waals surface area contributed by atoms with Crippen LogP contribution in [-0.4, -0.2) is 20.7 Å². The van der Waals surface area contributed by atoms with Gasteiger partial charge in [0.1, 0.15) is 16.5 Å². The molecular weight excluding hydrogens is 262 g/mol. The summed E-state index contributed by atoms with van der Waals surface area (Å²) in [5.74, 6) is 0. The summed E-state index contributed by atoms with van der Waals surface area (Å²) in [5, 5.41) is 0. The van der Waals surface area contributed by atoms with Gasteiger partial charge >= 0.3 is 0 Å². The quantitative estimate of drug-likeness (QED) is 0.660. The summed E-state index contributed by atoms with van der Waals surface area (Å²) in [4.78, 5) is 0. The molecule has 0 amide bonds. The van der Waals surface area contributed by atoms with E-state index in [4.69, 9.17) is 0 Å². The fourth-order valence-electron chi connectivity index (χ4n) is 3.26. The Hall–Kier alpha value is -0.646. The van der Waals surface area contributed by atoms with Crippen LogP contribution < -0.4 is 0 Å². The molecule has 1 aromatic rings. The van der Waals surface area contributed by atoms with Crippen LogP contribution in [0.25, 0.3) is 6.08 Å². The van der Waals surface area contributed by atoms with E-state index < -0.39 is 16.5 Å². The summed E-state index contributed by atoms with van der Waals surface area (Å²) in [7, 11) is -2.65. The van der Waals surface area contributed by atoms with Crippen molar-refractivity contribution in [3.63, 3.8) is 0 Å². The first-order chi connectivity index (χ1) is 8.57. The second kappa shape index (κ2) is 5.77. The van der Waals surface area contributed by atoms with Crippen LogP contribution in [0, 0.1) is 0 Å². The van der Waals surface area contributed by atoms with Gasteiger partial charge in [0.05, 0.1) is 0 Å². The summed E-state index contributed by atoms with van der Waals surface area (Å²) in [6.07, 6.45) is 1.93. The van der Waals surface area contributed by atoms with E-state index in [1.165, 1.54) is 11.1 Å². The molecule has 0 aliphatic carbocycles. The summed E-state index contributed by atoms with van der Waals surface area (Å²) >= 11 is 0. The van der Waals surface area contributed by atoms with Gasteiger partial charge in [-0.25, -0.2) is 0 Å². The molecule has 1 atom stereocenters. The van der Waals surface area contributed by atoms with Crippen LogP contribution in [0.1, 0.15) is 24.1 Å². The van der Waals surface area contributed by atoms with Crippen LogP contribution in [0.15, 0.2) is 30.8 Å². The highest BCUT2D eigenvalue weighted by Gasteiger charge is 2.37. The first kappa shape index (κ1) is 16.4. The van der Waals surface area contributed by atoms with Gasteiger partial charge in [-0.1, -0.05) is 76.2 Å². The fraction of sp³-hybridized carbons (Fsp3) is 0.500. The third kappa shape index (κ3) is 4.16. The fourth-order valence-corrected chi connectivity index (χ4v) is 13.9. The minimum atomic E-state index is -1.33. The van der Waals surface area contributed by atoms with E-state index in [1.807, 2.05) is 6.08 Å². The Labute approximate surface area is 121 Å². The number of nitrogens with zero attached hydrogens (tertiary/aromatic N) is 1. The SMILES string of the molecule is C=Cc1cccc(C(C)N([Si](C)(C)C)[Si](C)(C)C)c1. The molecule has 0 saturated carbocycles. The molecule has 0 aromatic heterocycles. The van der Waals surface area contributed by atoms with Gasteiger partial charge in [-0.3, -0.25) is 0 Å². The van der Waals surface area contributed by atoms with Crippen LogP contribution in [0.3, 0.4) is 0 Å². The summed E-state index contributed by atoms with van der Waals surface area (Å²) < 4.78 is 2.85. The maximum absolute atomic E-state index is 3.88. The maximum atomic E-state index is 3.88. The Bertz CT molecular complexity index is 427. The highest BCUT2D eigenvalue weighted by atomic mass is 28.4. The molecule has 0 bridgehead atoms. The van der Waals surface area contributed by atoms with Crippen molar-refractivity contribution in [1.29, 1.82) is 0 Å². The van der Waals surface area contributed by atoms with Crippen molar-refractivity contribution < 1.29 is 0 Å². The Morgan fingerprint density at radius 1 is 1.05 bits per heavy atom. The Morgan fingerprint density at radius 3 is 2.00 bits per heavy atom. The van der Waals surface area contributed by atoms with Gasteiger partial charge in [0.15, 0.2) is 0 Å². The van der Waals surface area contributed by atoms with Crippen molar-refractivity contribution in [3.8, 4) is 0 Å². The van der Waals surface area contributed by atoms with Crippen LogP contribution in [0.5, 0.6) is 0 Å². The first-order valence-corrected chi connectivity index (χ1v) is 14.0. The molecule has 106 valence electrons. The van der Waals surface area contributed by atoms with Gasteiger partial charge in [-0.2, -0.15) is 0 Å². The minimum absolute atomic E-state index is 0.498. The van der Waals surface area contributed by atoms with Crippen molar-refractivity contribution in [2.24, 2.45) is 0 Å². The Morgan fingerprint density at radius 2 is 1.58 bits per heavy atom. The van der Waals surface area contributed by atoms with Gasteiger partial charge in [0.2, 0.25) is 0 Å². The molecule has 1 rings (SSSR count). The van der Waals surface area contributed by atoms with Crippen LogP contribution >= 0.6 is 0 Å². The Kier molecular flexibility index (Phi) is 4.99. The van der Waals surface area contributed by atoms with E-state index in [0.717, 1.165) is 0 Å². The smallest absolute Gasteiger partial charge is 0.112 e. The molecule has 1 unspecified atom stereocenters. The molecule has 0 N–H and O–H groups in total. The van der Waals surface area contributed by atoms with Crippen molar-refractivity contribution in [2.75, 3.05) is 0 Å². The van der Waals surface area contributed by atoms with E-state index in [-0.39, 0.29) is 0 Å². The van der Waals surface area contributed by atoms with Gasteiger partial charge in [0, 0.05) is 6.04 Å². The average molecular weight is 292 g/mol. The Balaban J connectivity index is 3.19. The van der Waals surface area contributed by atoms with E-state index in [2.05, 4.69) is 81.3 Å². The van der Waals surface area contributed by atoms with Crippen LogP contribution in [-0.2, 0) is 0 Å². The lowest BCUT2D eigenvalue weighted by Crippen LogP contribution is -2.59. The van der Waals surface area contributed by atoms with Gasteiger partial charge in [-0.15, -0.1) is 0 Å². The number of hydrogen-bond donors (Lipinski definition) is 0. The third-order valence-corrected chi connectivity index (χ3v) is 11.2. The predicted octanol–water partition coefficient (Wildman–Crippen LogP) is 5.36. The number of rotatable bonds is 5. The second-order valence-electron chi connectivity index (χ2n) is 7.26. The minimum Gasteiger partial charge on any atom is -0.340 e. The topological polar surface area (TPSA) is 3.24 Å². The maximum Gasteiger partial charge on any atom is 0.112 e.